The van der Waals surface area contributed by atoms with Crippen LogP contribution in [0.5, 0.6) is 0 Å². The highest BCUT2D eigenvalue weighted by atomic mass is 32.2. The van der Waals surface area contributed by atoms with Crippen molar-refractivity contribution < 1.29 is 4.21 Å². The topological polar surface area (TPSA) is 41.1 Å². The summed E-state index contributed by atoms with van der Waals surface area (Å²) in [5.74, 6) is 0. The molecular weight excluding hydrogens is 328 g/mol. The maximum atomic E-state index is 11.9. The number of fused-ring (bicyclic) bond motifs is 1. The lowest BCUT2D eigenvalue weighted by Gasteiger charge is -2.11. The van der Waals surface area contributed by atoms with Crippen LogP contribution in [0, 0.1) is 0 Å². The van der Waals surface area contributed by atoms with Gasteiger partial charge in [0.15, 0.2) is 11.0 Å². The van der Waals surface area contributed by atoms with Gasteiger partial charge in [-0.25, -0.2) is 4.21 Å². The van der Waals surface area contributed by atoms with E-state index in [9.17, 15) is 4.21 Å². The van der Waals surface area contributed by atoms with Crippen LogP contribution in [-0.4, -0.2) is 20.0 Å². The van der Waals surface area contributed by atoms with Crippen LogP contribution >= 0.6 is 35.7 Å². The van der Waals surface area contributed by atoms with Gasteiger partial charge in [-0.3, -0.25) is 0 Å². The molecule has 7 heteroatoms. The third-order valence-electron chi connectivity index (χ3n) is 2.80. The lowest BCUT2D eigenvalue weighted by molar-refractivity contribution is 0.691. The minimum atomic E-state index is -1.27. The van der Waals surface area contributed by atoms with Crippen molar-refractivity contribution in [2.75, 3.05) is 16.3 Å². The standard InChI is InChI=1S/C13H16N2OS4/c1-8-6-10-7-11(15-20(16)9(2)18-3)4-5-12(10)14-13(17)19-8/h4-5,7-8,15H,2,6H2,1,3H3,(H,14,17). The predicted molar refractivity (Wildman–Crippen MR) is 97.8 cm³/mol. The van der Waals surface area contributed by atoms with Gasteiger partial charge in [-0.1, -0.05) is 37.5 Å². The molecule has 1 aromatic carbocycles. The van der Waals surface area contributed by atoms with Gasteiger partial charge in [0.05, 0.1) is 4.24 Å². The molecule has 108 valence electrons. The Balaban J connectivity index is 2.21. The molecule has 0 saturated heterocycles. The number of hydrogen-bond donors (Lipinski definition) is 2. The Kier molecular flexibility index (Phi) is 5.54. The van der Waals surface area contributed by atoms with Crippen molar-refractivity contribution in [2.45, 2.75) is 18.6 Å². The van der Waals surface area contributed by atoms with Crippen molar-refractivity contribution >= 4 is 62.4 Å². The van der Waals surface area contributed by atoms with E-state index in [1.54, 1.807) is 11.8 Å². The molecule has 1 aromatic rings. The molecule has 1 heterocycles. The molecule has 0 fully saturated rings. The Morgan fingerprint density at radius 3 is 3.10 bits per heavy atom. The Morgan fingerprint density at radius 2 is 2.40 bits per heavy atom. The summed E-state index contributed by atoms with van der Waals surface area (Å²) in [4.78, 5) is 0. The average Bonchev–Trinajstić information content (AvgIpc) is 2.53. The number of anilines is 2. The fourth-order valence-electron chi connectivity index (χ4n) is 1.86. The molecule has 0 spiro atoms. The number of thioether (sulfide) groups is 2. The Hall–Kier alpha value is -0.500. The molecule has 2 atom stereocenters. The summed E-state index contributed by atoms with van der Waals surface area (Å²) in [6.07, 6.45) is 2.79. The summed E-state index contributed by atoms with van der Waals surface area (Å²) in [5, 5.41) is 3.67. The van der Waals surface area contributed by atoms with Crippen molar-refractivity contribution in [3.8, 4) is 0 Å². The first-order valence-electron chi connectivity index (χ1n) is 6.01. The van der Waals surface area contributed by atoms with Crippen LogP contribution in [-0.2, 0) is 17.4 Å². The van der Waals surface area contributed by atoms with E-state index in [2.05, 4.69) is 23.5 Å². The molecule has 3 nitrogen and oxygen atoms in total. The molecule has 0 aromatic heterocycles. The Morgan fingerprint density at radius 1 is 1.65 bits per heavy atom. The minimum Gasteiger partial charge on any atom is -0.341 e. The molecule has 0 aliphatic carbocycles. The number of rotatable bonds is 4. The van der Waals surface area contributed by atoms with Gasteiger partial charge in [0.25, 0.3) is 0 Å². The third-order valence-corrected chi connectivity index (χ3v) is 6.32. The van der Waals surface area contributed by atoms with Gasteiger partial charge >= 0.3 is 0 Å². The molecule has 2 unspecified atom stereocenters. The highest BCUT2D eigenvalue weighted by Crippen LogP contribution is 2.31. The summed E-state index contributed by atoms with van der Waals surface area (Å²) in [6, 6.07) is 5.90. The maximum absolute atomic E-state index is 11.9. The van der Waals surface area contributed by atoms with E-state index in [0.717, 1.165) is 22.1 Å². The Labute approximate surface area is 136 Å². The zero-order valence-electron chi connectivity index (χ0n) is 11.3. The van der Waals surface area contributed by atoms with Gasteiger partial charge in [0.1, 0.15) is 4.32 Å². The first-order chi connectivity index (χ1) is 9.49. The average molecular weight is 345 g/mol. The van der Waals surface area contributed by atoms with Crippen LogP contribution in [0.3, 0.4) is 0 Å². The van der Waals surface area contributed by atoms with Crippen LogP contribution in [0.2, 0.25) is 0 Å². The number of benzene rings is 1. The summed E-state index contributed by atoms with van der Waals surface area (Å²) in [5.41, 5.74) is 3.05. The number of hydrogen-bond acceptors (Lipinski definition) is 4. The zero-order valence-corrected chi connectivity index (χ0v) is 14.5. The monoisotopic (exact) mass is 344 g/mol. The normalized spacial score (nSPS) is 19.5. The van der Waals surface area contributed by atoms with Gasteiger partial charge in [-0.15, -0.1) is 11.8 Å². The molecule has 0 radical (unpaired) electrons. The quantitative estimate of drug-likeness (QED) is 0.809. The molecular formula is C13H16N2OS4. The fraction of sp³-hybridized carbons (Fsp3) is 0.308. The van der Waals surface area contributed by atoms with Gasteiger partial charge in [0.2, 0.25) is 0 Å². The van der Waals surface area contributed by atoms with Crippen LogP contribution in [0.15, 0.2) is 29.0 Å². The summed E-state index contributed by atoms with van der Waals surface area (Å²) in [6.45, 7) is 5.92. The number of nitrogens with one attached hydrogen (secondary N) is 2. The SMILES string of the molecule is C=C(SC)S(=O)Nc1ccc2c(c1)CC(C)SC(=S)N2. The highest BCUT2D eigenvalue weighted by molar-refractivity contribution is 8.23. The lowest BCUT2D eigenvalue weighted by atomic mass is 10.1. The summed E-state index contributed by atoms with van der Waals surface area (Å²) in [7, 11) is -1.27. The van der Waals surface area contributed by atoms with E-state index in [1.165, 1.54) is 17.3 Å². The van der Waals surface area contributed by atoms with E-state index >= 15 is 0 Å². The second-order valence-corrected chi connectivity index (χ2v) is 8.87. The van der Waals surface area contributed by atoms with E-state index in [4.69, 9.17) is 12.2 Å². The summed E-state index contributed by atoms with van der Waals surface area (Å²) >= 11 is 8.34. The van der Waals surface area contributed by atoms with Crippen LogP contribution in [0.4, 0.5) is 11.4 Å². The molecule has 20 heavy (non-hydrogen) atoms. The molecule has 2 N–H and O–H groups in total. The van der Waals surface area contributed by atoms with Crippen molar-refractivity contribution in [1.82, 2.24) is 0 Å². The van der Waals surface area contributed by atoms with Gasteiger partial charge in [-0.05, 0) is 36.4 Å². The van der Waals surface area contributed by atoms with Crippen molar-refractivity contribution in [3.63, 3.8) is 0 Å². The van der Waals surface area contributed by atoms with Gasteiger partial charge in [0, 0.05) is 16.6 Å². The molecule has 0 amide bonds. The maximum Gasteiger partial charge on any atom is 0.156 e. The van der Waals surface area contributed by atoms with Crippen molar-refractivity contribution in [2.24, 2.45) is 0 Å². The lowest BCUT2D eigenvalue weighted by Crippen LogP contribution is -2.06. The van der Waals surface area contributed by atoms with E-state index in [0.29, 0.717) is 9.49 Å². The molecule has 1 aliphatic heterocycles. The molecule has 0 saturated carbocycles. The minimum absolute atomic E-state index is 0.429. The van der Waals surface area contributed by atoms with Crippen molar-refractivity contribution in [1.29, 1.82) is 0 Å². The fourth-order valence-corrected chi connectivity index (χ4v) is 4.45. The highest BCUT2D eigenvalue weighted by Gasteiger charge is 2.17. The number of thiocarbonyl (C=S) groups is 1. The van der Waals surface area contributed by atoms with E-state index < -0.39 is 11.0 Å². The zero-order chi connectivity index (χ0) is 14.7. The summed E-state index contributed by atoms with van der Waals surface area (Å²) < 4.78 is 16.3. The first kappa shape index (κ1) is 15.9. The van der Waals surface area contributed by atoms with Crippen LogP contribution in [0.1, 0.15) is 12.5 Å². The molecule has 2 rings (SSSR count). The second-order valence-electron chi connectivity index (χ2n) is 4.36. The van der Waals surface area contributed by atoms with Crippen LogP contribution in [0.25, 0.3) is 0 Å². The first-order valence-corrected chi connectivity index (χ1v) is 9.67. The molecule has 0 bridgehead atoms. The third kappa shape index (κ3) is 4.00. The Bertz CT molecular complexity index is 573. The van der Waals surface area contributed by atoms with Gasteiger partial charge in [-0.2, -0.15) is 0 Å². The molecule has 1 aliphatic rings. The largest absolute Gasteiger partial charge is 0.341 e. The van der Waals surface area contributed by atoms with E-state index in [-0.39, 0.29) is 0 Å². The van der Waals surface area contributed by atoms with E-state index in [1.807, 2.05) is 24.5 Å². The smallest absolute Gasteiger partial charge is 0.156 e. The van der Waals surface area contributed by atoms with Crippen LogP contribution < -0.4 is 10.0 Å². The van der Waals surface area contributed by atoms with Crippen molar-refractivity contribution in [3.05, 3.63) is 34.6 Å². The second kappa shape index (κ2) is 6.98. The predicted octanol–water partition coefficient (Wildman–Crippen LogP) is 3.97. The van der Waals surface area contributed by atoms with Gasteiger partial charge < -0.3 is 10.0 Å².